The highest BCUT2D eigenvalue weighted by Gasteiger charge is 2.47. The van der Waals surface area contributed by atoms with E-state index < -0.39 is 5.41 Å². The predicted octanol–water partition coefficient (Wildman–Crippen LogP) is 11.9. The Bertz CT molecular complexity index is 2450. The number of nitrogens with zero attached hydrogens (tertiary/aromatic N) is 1. The second-order valence-corrected chi connectivity index (χ2v) is 13.3. The van der Waals surface area contributed by atoms with E-state index in [-0.39, 0.29) is 0 Å². The number of benzene rings is 7. The fourth-order valence-electron chi connectivity index (χ4n) is 7.52. The summed E-state index contributed by atoms with van der Waals surface area (Å²) in [6, 6.07) is 57.8. The van der Waals surface area contributed by atoms with E-state index in [1.807, 2.05) is 12.1 Å². The molecular formula is C44H27NO2S. The van der Waals surface area contributed by atoms with Crippen LogP contribution in [0, 0.1) is 0 Å². The Morgan fingerprint density at radius 1 is 0.438 bits per heavy atom. The summed E-state index contributed by atoms with van der Waals surface area (Å²) in [5.74, 6) is 2.84. The molecule has 1 aliphatic heterocycles. The van der Waals surface area contributed by atoms with Crippen molar-refractivity contribution in [2.24, 2.45) is 0 Å². The van der Waals surface area contributed by atoms with Crippen LogP contribution in [0.15, 0.2) is 164 Å². The van der Waals surface area contributed by atoms with Crippen molar-refractivity contribution in [3.63, 3.8) is 0 Å². The van der Waals surface area contributed by atoms with E-state index in [9.17, 15) is 0 Å². The molecule has 0 atom stereocenters. The highest BCUT2D eigenvalue weighted by molar-refractivity contribution is 7.21. The minimum Gasteiger partial charge on any atom is -0.449 e. The molecule has 0 fully saturated rings. The molecule has 10 rings (SSSR count). The van der Waals surface area contributed by atoms with E-state index >= 15 is 0 Å². The van der Waals surface area contributed by atoms with Crippen molar-refractivity contribution >= 4 is 21.6 Å². The number of hydrogen-bond donors (Lipinski definition) is 0. The maximum Gasteiger partial charge on any atom is 0.170 e. The molecule has 0 amide bonds. The van der Waals surface area contributed by atoms with E-state index in [4.69, 9.17) is 14.5 Å². The van der Waals surface area contributed by atoms with E-state index in [0.717, 1.165) is 38.5 Å². The first-order valence-electron chi connectivity index (χ1n) is 16.1. The van der Waals surface area contributed by atoms with Crippen LogP contribution in [0.5, 0.6) is 23.0 Å². The molecule has 0 spiro atoms. The maximum absolute atomic E-state index is 6.75. The summed E-state index contributed by atoms with van der Waals surface area (Å²) in [5, 5.41) is 1.01. The molecule has 1 aliphatic carbocycles. The molecular weight excluding hydrogens is 607 g/mol. The molecule has 0 N–H and O–H groups in total. The molecule has 0 unspecified atom stereocenters. The van der Waals surface area contributed by atoms with Gasteiger partial charge in [-0.05, 0) is 87.0 Å². The lowest BCUT2D eigenvalue weighted by Crippen LogP contribution is -2.28. The lowest BCUT2D eigenvalue weighted by Gasteiger charge is -2.34. The molecule has 2 aliphatic rings. The maximum atomic E-state index is 6.75. The van der Waals surface area contributed by atoms with Gasteiger partial charge in [0.15, 0.2) is 23.0 Å². The smallest absolute Gasteiger partial charge is 0.170 e. The number of aromatic nitrogens is 1. The van der Waals surface area contributed by atoms with Crippen LogP contribution in [0.4, 0.5) is 0 Å². The SMILES string of the molecule is c1ccc(C2(c3ccccc3)c3ccccc3-c3cc4c(cc32)Oc2cc(-c3cccc(-c5nc6ccccc6s5)c3)ccc2O4)cc1. The Labute approximate surface area is 282 Å². The molecule has 0 saturated heterocycles. The summed E-state index contributed by atoms with van der Waals surface area (Å²) < 4.78 is 14.5. The second kappa shape index (κ2) is 10.5. The molecule has 0 saturated carbocycles. The minimum absolute atomic E-state index is 0.504. The highest BCUT2D eigenvalue weighted by atomic mass is 32.1. The summed E-state index contributed by atoms with van der Waals surface area (Å²) in [5.41, 5.74) is 11.0. The zero-order chi connectivity index (χ0) is 31.7. The number of hydrogen-bond acceptors (Lipinski definition) is 4. The predicted molar refractivity (Wildman–Crippen MR) is 194 cm³/mol. The molecule has 48 heavy (non-hydrogen) atoms. The van der Waals surface area contributed by atoms with Gasteiger partial charge in [-0.15, -0.1) is 11.3 Å². The van der Waals surface area contributed by atoms with Gasteiger partial charge in [-0.25, -0.2) is 4.98 Å². The van der Waals surface area contributed by atoms with Gasteiger partial charge in [0.05, 0.1) is 15.6 Å². The summed E-state index contributed by atoms with van der Waals surface area (Å²) in [6.07, 6.45) is 0. The van der Waals surface area contributed by atoms with Gasteiger partial charge in [0.25, 0.3) is 0 Å². The zero-order valence-electron chi connectivity index (χ0n) is 25.8. The molecule has 0 bridgehead atoms. The van der Waals surface area contributed by atoms with Crippen LogP contribution in [0.3, 0.4) is 0 Å². The van der Waals surface area contributed by atoms with Crippen molar-refractivity contribution in [1.82, 2.24) is 4.98 Å². The van der Waals surface area contributed by atoms with Crippen LogP contribution < -0.4 is 9.47 Å². The minimum atomic E-state index is -0.504. The van der Waals surface area contributed by atoms with E-state index in [2.05, 4.69) is 152 Å². The molecule has 0 radical (unpaired) electrons. The van der Waals surface area contributed by atoms with Crippen LogP contribution >= 0.6 is 11.3 Å². The van der Waals surface area contributed by atoms with Crippen LogP contribution in [0.25, 0.3) is 43.0 Å². The largest absolute Gasteiger partial charge is 0.449 e. The fraction of sp³-hybridized carbons (Fsp3) is 0.0227. The quantitative estimate of drug-likeness (QED) is 0.193. The van der Waals surface area contributed by atoms with Crippen LogP contribution in [0.1, 0.15) is 22.3 Å². The van der Waals surface area contributed by atoms with Gasteiger partial charge in [0.1, 0.15) is 5.01 Å². The van der Waals surface area contributed by atoms with Crippen LogP contribution in [0.2, 0.25) is 0 Å². The molecule has 3 nitrogen and oxygen atoms in total. The van der Waals surface area contributed by atoms with Crippen molar-refractivity contribution in [2.45, 2.75) is 5.41 Å². The first-order chi connectivity index (χ1) is 23.8. The van der Waals surface area contributed by atoms with Gasteiger partial charge in [-0.3, -0.25) is 0 Å². The van der Waals surface area contributed by atoms with Crippen molar-refractivity contribution in [3.05, 3.63) is 186 Å². The van der Waals surface area contributed by atoms with Crippen molar-refractivity contribution in [2.75, 3.05) is 0 Å². The van der Waals surface area contributed by atoms with Gasteiger partial charge in [0.2, 0.25) is 0 Å². The molecule has 8 aromatic rings. The molecule has 1 aromatic heterocycles. The average Bonchev–Trinajstić information content (AvgIpc) is 3.71. The molecule has 4 heteroatoms. The Hall–Kier alpha value is -5.97. The summed E-state index contributed by atoms with van der Waals surface area (Å²) in [7, 11) is 0. The van der Waals surface area contributed by atoms with E-state index in [0.29, 0.717) is 17.2 Å². The Kier molecular flexibility index (Phi) is 5.96. The third kappa shape index (κ3) is 4.03. The van der Waals surface area contributed by atoms with Crippen LogP contribution in [-0.4, -0.2) is 4.98 Å². The fourth-order valence-corrected chi connectivity index (χ4v) is 8.49. The monoisotopic (exact) mass is 633 g/mol. The van der Waals surface area contributed by atoms with Gasteiger partial charge in [-0.1, -0.05) is 121 Å². The van der Waals surface area contributed by atoms with Gasteiger partial charge < -0.3 is 9.47 Å². The van der Waals surface area contributed by atoms with Gasteiger partial charge >= 0.3 is 0 Å². The van der Waals surface area contributed by atoms with Crippen molar-refractivity contribution < 1.29 is 9.47 Å². The Morgan fingerprint density at radius 2 is 1.08 bits per heavy atom. The Morgan fingerprint density at radius 3 is 1.90 bits per heavy atom. The summed E-state index contributed by atoms with van der Waals surface area (Å²) in [6.45, 7) is 0. The third-order valence-corrected chi connectivity index (χ3v) is 10.7. The summed E-state index contributed by atoms with van der Waals surface area (Å²) >= 11 is 1.72. The lowest BCUT2D eigenvalue weighted by atomic mass is 9.67. The lowest BCUT2D eigenvalue weighted by molar-refractivity contribution is 0.359. The first kappa shape index (κ1) is 27.2. The topological polar surface area (TPSA) is 31.4 Å². The third-order valence-electron chi connectivity index (χ3n) is 9.64. The first-order valence-corrected chi connectivity index (χ1v) is 16.9. The number of fused-ring (bicyclic) bond motifs is 6. The summed E-state index contributed by atoms with van der Waals surface area (Å²) in [4.78, 5) is 4.89. The molecule has 226 valence electrons. The number of para-hydroxylation sites is 1. The average molecular weight is 634 g/mol. The second-order valence-electron chi connectivity index (χ2n) is 12.3. The molecule has 7 aromatic carbocycles. The van der Waals surface area contributed by atoms with Crippen LogP contribution in [-0.2, 0) is 5.41 Å². The number of ether oxygens (including phenoxy) is 2. The van der Waals surface area contributed by atoms with Crippen molar-refractivity contribution in [1.29, 1.82) is 0 Å². The van der Waals surface area contributed by atoms with E-state index in [1.54, 1.807) is 11.3 Å². The van der Waals surface area contributed by atoms with Gasteiger partial charge in [0, 0.05) is 5.56 Å². The van der Waals surface area contributed by atoms with E-state index in [1.165, 1.54) is 32.5 Å². The zero-order valence-corrected chi connectivity index (χ0v) is 26.6. The normalized spacial score (nSPS) is 13.5. The van der Waals surface area contributed by atoms with Crippen molar-refractivity contribution in [3.8, 4) is 55.8 Å². The standard InChI is InChI=1S/C44H27NO2S/c1-3-14-31(15-4-1)44(32-16-5-2-6-17-32)35-19-8-7-18-33(35)34-26-40-41(27-36(34)44)47-39-25-29(22-23-38(39)46-40)28-12-11-13-30(24-28)43-45-37-20-9-10-21-42(37)48-43/h1-27H. The highest BCUT2D eigenvalue weighted by Crippen LogP contribution is 2.59. The molecule has 2 heterocycles. The Balaban J connectivity index is 1.08. The van der Waals surface area contributed by atoms with Gasteiger partial charge in [-0.2, -0.15) is 0 Å². The number of thiazole rings is 1. The number of rotatable bonds is 4.